The van der Waals surface area contributed by atoms with E-state index in [1.54, 1.807) is 19.9 Å². The Morgan fingerprint density at radius 2 is 2.19 bits per heavy atom. The van der Waals surface area contributed by atoms with Crippen molar-refractivity contribution in [3.63, 3.8) is 0 Å². The Morgan fingerprint density at radius 3 is 2.78 bits per heavy atom. The molecule has 2 rings (SSSR count). The third-order valence-electron chi connectivity index (χ3n) is 3.78. The molecule has 0 saturated carbocycles. The van der Waals surface area contributed by atoms with E-state index < -0.39 is 30.2 Å². The standard InChI is InChI=1S/C18H19BrFN3O4/c1-4-7-22-9-15(24)23(18(22)26)10-27-17(25)16(11(2)3)21-14-6-5-12(19)8-13(14)20/h1,5-6,8-9,11,16,21,24H,7,10H2,2-3H3. The van der Waals surface area contributed by atoms with Crippen molar-refractivity contribution >= 4 is 27.6 Å². The van der Waals surface area contributed by atoms with Gasteiger partial charge in [-0.25, -0.2) is 18.5 Å². The Labute approximate surface area is 163 Å². The molecule has 0 aliphatic carbocycles. The molecule has 0 fully saturated rings. The minimum absolute atomic E-state index is 0.0215. The molecule has 2 N–H and O–H groups in total. The van der Waals surface area contributed by atoms with Crippen LogP contribution in [0.1, 0.15) is 13.8 Å². The molecule has 1 aromatic heterocycles. The topological polar surface area (TPSA) is 85.5 Å². The molecule has 0 spiro atoms. The summed E-state index contributed by atoms with van der Waals surface area (Å²) in [5.41, 5.74) is -0.458. The normalized spacial score (nSPS) is 11.9. The number of terminal acetylenes is 1. The summed E-state index contributed by atoms with van der Waals surface area (Å²) >= 11 is 3.17. The number of imidazole rings is 1. The highest BCUT2D eigenvalue weighted by molar-refractivity contribution is 9.10. The number of ether oxygens (including phenoxy) is 1. The first-order chi connectivity index (χ1) is 12.7. The van der Waals surface area contributed by atoms with Gasteiger partial charge in [-0.3, -0.25) is 4.57 Å². The smallest absolute Gasteiger partial charge is 0.334 e. The molecule has 1 unspecified atom stereocenters. The van der Waals surface area contributed by atoms with E-state index >= 15 is 0 Å². The zero-order chi connectivity index (χ0) is 20.1. The molecule has 0 amide bonds. The van der Waals surface area contributed by atoms with Crippen LogP contribution in [0.2, 0.25) is 0 Å². The molecule has 1 aromatic carbocycles. The van der Waals surface area contributed by atoms with Crippen molar-refractivity contribution < 1.29 is 19.0 Å². The quantitative estimate of drug-likeness (QED) is 0.511. The van der Waals surface area contributed by atoms with Crippen molar-refractivity contribution in [3.05, 3.63) is 45.2 Å². The van der Waals surface area contributed by atoms with Gasteiger partial charge >= 0.3 is 11.7 Å². The predicted molar refractivity (Wildman–Crippen MR) is 102 cm³/mol. The van der Waals surface area contributed by atoms with Gasteiger partial charge in [-0.1, -0.05) is 35.7 Å². The minimum Gasteiger partial charge on any atom is -0.493 e. The van der Waals surface area contributed by atoms with Crippen LogP contribution in [0, 0.1) is 24.1 Å². The van der Waals surface area contributed by atoms with Gasteiger partial charge in [-0.15, -0.1) is 6.42 Å². The molecule has 27 heavy (non-hydrogen) atoms. The van der Waals surface area contributed by atoms with Crippen LogP contribution in [0.15, 0.2) is 33.7 Å². The fourth-order valence-corrected chi connectivity index (χ4v) is 2.67. The molecular formula is C18H19BrFN3O4. The van der Waals surface area contributed by atoms with E-state index in [0.717, 1.165) is 15.3 Å². The highest BCUT2D eigenvalue weighted by Gasteiger charge is 2.25. The number of anilines is 1. The fourth-order valence-electron chi connectivity index (χ4n) is 2.34. The number of carbonyl (C=O) groups is 1. The molecule has 0 bridgehead atoms. The van der Waals surface area contributed by atoms with Gasteiger partial charge in [0, 0.05) is 4.47 Å². The fraction of sp³-hybridized carbons (Fsp3) is 0.333. The number of rotatable bonds is 7. The van der Waals surface area contributed by atoms with E-state index in [1.165, 1.54) is 12.1 Å². The number of hydrogen-bond donors (Lipinski definition) is 2. The molecular weight excluding hydrogens is 421 g/mol. The first-order valence-electron chi connectivity index (χ1n) is 8.05. The second kappa shape index (κ2) is 8.77. The zero-order valence-electron chi connectivity index (χ0n) is 14.8. The average Bonchev–Trinajstić information content (AvgIpc) is 2.85. The Hall–Kier alpha value is -2.73. The summed E-state index contributed by atoms with van der Waals surface area (Å²) in [6, 6.07) is 3.56. The number of benzene rings is 1. The molecule has 0 aliphatic rings. The predicted octanol–water partition coefficient (Wildman–Crippen LogP) is 2.53. The van der Waals surface area contributed by atoms with E-state index in [0.29, 0.717) is 4.47 Å². The first kappa shape index (κ1) is 20.6. The Kier molecular flexibility index (Phi) is 6.69. The number of esters is 1. The molecule has 1 heterocycles. The molecule has 9 heteroatoms. The number of carbonyl (C=O) groups excluding carboxylic acids is 1. The van der Waals surface area contributed by atoms with Crippen molar-refractivity contribution in [1.82, 2.24) is 9.13 Å². The third kappa shape index (κ3) is 4.92. The average molecular weight is 440 g/mol. The van der Waals surface area contributed by atoms with Crippen LogP contribution in [-0.2, 0) is 22.8 Å². The van der Waals surface area contributed by atoms with Gasteiger partial charge in [0.05, 0.1) is 18.4 Å². The Balaban J connectivity index is 2.12. The molecule has 1 atom stereocenters. The first-order valence-corrected chi connectivity index (χ1v) is 8.84. The molecule has 2 aromatic rings. The number of aromatic hydroxyl groups is 1. The lowest BCUT2D eigenvalue weighted by Gasteiger charge is -2.22. The van der Waals surface area contributed by atoms with E-state index in [1.807, 2.05) is 0 Å². The maximum absolute atomic E-state index is 14.0. The highest BCUT2D eigenvalue weighted by atomic mass is 79.9. The van der Waals surface area contributed by atoms with Crippen LogP contribution in [0.5, 0.6) is 5.88 Å². The van der Waals surface area contributed by atoms with Gasteiger partial charge in [-0.2, -0.15) is 0 Å². The Bertz CT molecular complexity index is 930. The van der Waals surface area contributed by atoms with Crippen molar-refractivity contribution in [2.75, 3.05) is 5.32 Å². The molecule has 7 nitrogen and oxygen atoms in total. The maximum Gasteiger partial charge on any atom is 0.334 e. The van der Waals surface area contributed by atoms with Crippen LogP contribution in [0.4, 0.5) is 10.1 Å². The molecule has 0 saturated heterocycles. The van der Waals surface area contributed by atoms with E-state index in [9.17, 15) is 19.1 Å². The van der Waals surface area contributed by atoms with Crippen molar-refractivity contribution in [2.24, 2.45) is 5.92 Å². The van der Waals surface area contributed by atoms with Gasteiger partial charge < -0.3 is 15.2 Å². The van der Waals surface area contributed by atoms with E-state index in [-0.39, 0.29) is 24.0 Å². The summed E-state index contributed by atoms with van der Waals surface area (Å²) in [6.45, 7) is 3.02. The van der Waals surface area contributed by atoms with E-state index in [2.05, 4.69) is 27.2 Å². The van der Waals surface area contributed by atoms with Crippen LogP contribution in [-0.4, -0.2) is 26.3 Å². The number of aromatic nitrogens is 2. The summed E-state index contributed by atoms with van der Waals surface area (Å²) < 4.78 is 21.7. The zero-order valence-corrected chi connectivity index (χ0v) is 16.4. The summed E-state index contributed by atoms with van der Waals surface area (Å²) in [6.07, 6.45) is 6.31. The van der Waals surface area contributed by atoms with Crippen LogP contribution < -0.4 is 11.0 Å². The van der Waals surface area contributed by atoms with Gasteiger partial charge in [0.1, 0.15) is 11.9 Å². The monoisotopic (exact) mass is 439 g/mol. The summed E-state index contributed by atoms with van der Waals surface area (Å²) in [5.74, 6) is 0.462. The number of hydrogen-bond acceptors (Lipinski definition) is 5. The van der Waals surface area contributed by atoms with Crippen LogP contribution >= 0.6 is 15.9 Å². The van der Waals surface area contributed by atoms with Crippen molar-refractivity contribution in [3.8, 4) is 18.2 Å². The lowest BCUT2D eigenvalue weighted by molar-refractivity contribution is -0.149. The van der Waals surface area contributed by atoms with E-state index in [4.69, 9.17) is 11.2 Å². The lowest BCUT2D eigenvalue weighted by Crippen LogP contribution is -2.37. The highest BCUT2D eigenvalue weighted by Crippen LogP contribution is 2.22. The minimum atomic E-state index is -0.855. The second-order valence-corrected chi connectivity index (χ2v) is 7.03. The van der Waals surface area contributed by atoms with Gasteiger partial charge in [-0.05, 0) is 24.1 Å². The molecule has 0 radical (unpaired) electrons. The van der Waals surface area contributed by atoms with Gasteiger partial charge in [0.25, 0.3) is 0 Å². The summed E-state index contributed by atoms with van der Waals surface area (Å²) in [5, 5.41) is 12.6. The maximum atomic E-state index is 14.0. The van der Waals surface area contributed by atoms with Crippen LogP contribution in [0.3, 0.4) is 0 Å². The van der Waals surface area contributed by atoms with Crippen molar-refractivity contribution in [1.29, 1.82) is 0 Å². The Morgan fingerprint density at radius 1 is 1.48 bits per heavy atom. The molecule has 144 valence electrons. The van der Waals surface area contributed by atoms with Gasteiger partial charge in [0.2, 0.25) is 5.88 Å². The van der Waals surface area contributed by atoms with Crippen LogP contribution in [0.25, 0.3) is 0 Å². The SMILES string of the molecule is C#CCn1cc(O)n(COC(=O)C(Nc2ccc(Br)cc2F)C(C)C)c1=O. The number of nitrogens with zero attached hydrogens (tertiary/aromatic N) is 2. The summed E-state index contributed by atoms with van der Waals surface area (Å²) in [4.78, 5) is 24.5. The second-order valence-electron chi connectivity index (χ2n) is 6.11. The van der Waals surface area contributed by atoms with Crippen molar-refractivity contribution in [2.45, 2.75) is 33.2 Å². The van der Waals surface area contributed by atoms with Gasteiger partial charge in [0.15, 0.2) is 6.73 Å². The largest absolute Gasteiger partial charge is 0.493 e. The number of halogens is 2. The third-order valence-corrected chi connectivity index (χ3v) is 4.28. The molecule has 0 aliphatic heterocycles. The summed E-state index contributed by atoms with van der Waals surface area (Å²) in [7, 11) is 0. The number of nitrogens with one attached hydrogen (secondary N) is 1. The lowest BCUT2D eigenvalue weighted by atomic mass is 10.0.